The minimum atomic E-state index is 0.266. The summed E-state index contributed by atoms with van der Waals surface area (Å²) >= 11 is 0. The Bertz CT molecular complexity index is 623. The van der Waals surface area contributed by atoms with Crippen LogP contribution in [0.25, 0.3) is 0 Å². The van der Waals surface area contributed by atoms with Gasteiger partial charge in [-0.05, 0) is 37.5 Å². The molecule has 1 atom stereocenters. The van der Waals surface area contributed by atoms with Crippen molar-refractivity contribution in [2.45, 2.75) is 31.9 Å². The van der Waals surface area contributed by atoms with E-state index in [1.807, 2.05) is 19.2 Å². The Labute approximate surface area is 175 Å². The molecule has 7 nitrogen and oxygen atoms in total. The molecule has 162 valence electrons. The number of likely N-dealkylation sites (tertiary alicyclic amines) is 1. The van der Waals surface area contributed by atoms with E-state index in [1.54, 1.807) is 7.11 Å². The van der Waals surface area contributed by atoms with E-state index in [0.717, 1.165) is 77.1 Å². The zero-order valence-electron chi connectivity index (χ0n) is 18.1. The number of morpholine rings is 1. The Morgan fingerprint density at radius 1 is 1.17 bits per heavy atom. The summed E-state index contributed by atoms with van der Waals surface area (Å²) < 4.78 is 16.7. The molecule has 2 aliphatic rings. The van der Waals surface area contributed by atoms with Gasteiger partial charge >= 0.3 is 0 Å². The lowest BCUT2D eigenvalue weighted by Gasteiger charge is -2.37. The van der Waals surface area contributed by atoms with Gasteiger partial charge in [0.25, 0.3) is 0 Å². The number of nitrogens with zero attached hydrogens (tertiary/aromatic N) is 3. The number of rotatable bonds is 7. The van der Waals surface area contributed by atoms with Crippen molar-refractivity contribution >= 4 is 5.96 Å². The Balaban J connectivity index is 1.63. The van der Waals surface area contributed by atoms with E-state index in [1.165, 1.54) is 5.56 Å². The highest BCUT2D eigenvalue weighted by Crippen LogP contribution is 2.24. The molecule has 1 unspecified atom stereocenters. The second kappa shape index (κ2) is 11.4. The highest BCUT2D eigenvalue weighted by Gasteiger charge is 2.25. The Kier molecular flexibility index (Phi) is 8.58. The van der Waals surface area contributed by atoms with Gasteiger partial charge in [-0.3, -0.25) is 9.89 Å². The number of hydrogen-bond acceptors (Lipinski definition) is 5. The van der Waals surface area contributed by atoms with Crippen LogP contribution in [0.2, 0.25) is 0 Å². The summed E-state index contributed by atoms with van der Waals surface area (Å²) in [5.41, 5.74) is 1.28. The lowest BCUT2D eigenvalue weighted by molar-refractivity contribution is 0.0163. The molecule has 0 bridgehead atoms. The summed E-state index contributed by atoms with van der Waals surface area (Å²) in [6.45, 7) is 9.08. The first-order chi connectivity index (χ1) is 14.2. The van der Waals surface area contributed by atoms with Crippen LogP contribution in [0, 0.1) is 0 Å². The number of ether oxygens (including phenoxy) is 3. The van der Waals surface area contributed by atoms with Gasteiger partial charge in [0.2, 0.25) is 0 Å². The Morgan fingerprint density at radius 3 is 2.45 bits per heavy atom. The van der Waals surface area contributed by atoms with Gasteiger partial charge in [0, 0.05) is 46.4 Å². The van der Waals surface area contributed by atoms with E-state index in [-0.39, 0.29) is 6.04 Å². The summed E-state index contributed by atoms with van der Waals surface area (Å²) in [5, 5.41) is 3.63. The van der Waals surface area contributed by atoms with Crippen LogP contribution in [-0.2, 0) is 9.47 Å². The number of nitrogens with one attached hydrogen (secondary N) is 1. The maximum atomic E-state index is 5.78. The van der Waals surface area contributed by atoms with E-state index < -0.39 is 0 Å². The predicted octanol–water partition coefficient (Wildman–Crippen LogP) is 2.14. The smallest absolute Gasteiger partial charge is 0.193 e. The molecule has 0 amide bonds. The first-order valence-electron chi connectivity index (χ1n) is 10.8. The lowest BCUT2D eigenvalue weighted by atomic mass is 10.0. The highest BCUT2D eigenvalue weighted by atomic mass is 16.5. The molecule has 1 aromatic rings. The minimum absolute atomic E-state index is 0.266. The molecule has 29 heavy (non-hydrogen) atoms. The second-order valence-corrected chi connectivity index (χ2v) is 7.51. The maximum Gasteiger partial charge on any atom is 0.193 e. The van der Waals surface area contributed by atoms with E-state index in [4.69, 9.17) is 14.2 Å². The van der Waals surface area contributed by atoms with Crippen molar-refractivity contribution in [3.8, 4) is 5.75 Å². The molecule has 3 rings (SSSR count). The number of benzene rings is 1. The average molecular weight is 405 g/mol. The SMILES string of the molecule is CCOC1CCN(C(=NC)NCC(c2ccc(OC)cc2)N2CCOCC2)CC1. The van der Waals surface area contributed by atoms with Crippen LogP contribution in [0.3, 0.4) is 0 Å². The van der Waals surface area contributed by atoms with Gasteiger partial charge in [-0.1, -0.05) is 12.1 Å². The number of aliphatic imine (C=N–C) groups is 1. The summed E-state index contributed by atoms with van der Waals surface area (Å²) in [6, 6.07) is 8.67. The van der Waals surface area contributed by atoms with Crippen molar-refractivity contribution in [1.82, 2.24) is 15.1 Å². The molecule has 7 heteroatoms. The van der Waals surface area contributed by atoms with Gasteiger partial charge in [0.1, 0.15) is 5.75 Å². The van der Waals surface area contributed by atoms with E-state index >= 15 is 0 Å². The summed E-state index contributed by atoms with van der Waals surface area (Å²) in [4.78, 5) is 9.39. The van der Waals surface area contributed by atoms with Crippen LogP contribution in [0.15, 0.2) is 29.3 Å². The molecular weight excluding hydrogens is 368 g/mol. The fourth-order valence-corrected chi connectivity index (χ4v) is 4.16. The van der Waals surface area contributed by atoms with Crippen LogP contribution in [-0.4, -0.2) is 88.6 Å². The third-order valence-electron chi connectivity index (χ3n) is 5.80. The quantitative estimate of drug-likeness (QED) is 0.555. The lowest BCUT2D eigenvalue weighted by Crippen LogP contribution is -2.50. The standard InChI is InChI=1S/C22H36N4O3/c1-4-29-20-9-11-26(12-10-20)22(23-2)24-17-21(25-13-15-28-16-14-25)18-5-7-19(27-3)8-6-18/h5-8,20-21H,4,9-17H2,1-3H3,(H,23,24). The summed E-state index contributed by atoms with van der Waals surface area (Å²) in [5.74, 6) is 1.86. The Morgan fingerprint density at radius 2 is 1.86 bits per heavy atom. The molecule has 2 aliphatic heterocycles. The third-order valence-corrected chi connectivity index (χ3v) is 5.80. The molecule has 0 spiro atoms. The highest BCUT2D eigenvalue weighted by molar-refractivity contribution is 5.80. The van der Waals surface area contributed by atoms with Gasteiger partial charge in [0.15, 0.2) is 5.96 Å². The molecule has 2 saturated heterocycles. The van der Waals surface area contributed by atoms with Crippen LogP contribution >= 0.6 is 0 Å². The topological polar surface area (TPSA) is 58.6 Å². The van der Waals surface area contributed by atoms with Crippen molar-refractivity contribution in [3.05, 3.63) is 29.8 Å². The first kappa shape index (κ1) is 21.9. The second-order valence-electron chi connectivity index (χ2n) is 7.51. The maximum absolute atomic E-state index is 5.78. The van der Waals surface area contributed by atoms with Crippen molar-refractivity contribution < 1.29 is 14.2 Å². The molecule has 2 fully saturated rings. The monoisotopic (exact) mass is 404 g/mol. The van der Waals surface area contributed by atoms with E-state index in [9.17, 15) is 0 Å². The number of methoxy groups -OCH3 is 1. The van der Waals surface area contributed by atoms with Crippen molar-refractivity contribution in [1.29, 1.82) is 0 Å². The van der Waals surface area contributed by atoms with E-state index in [0.29, 0.717) is 6.10 Å². The van der Waals surface area contributed by atoms with Gasteiger partial charge in [-0.25, -0.2) is 0 Å². The molecule has 0 radical (unpaired) electrons. The van der Waals surface area contributed by atoms with Crippen molar-refractivity contribution in [3.63, 3.8) is 0 Å². The summed E-state index contributed by atoms with van der Waals surface area (Å²) in [6.07, 6.45) is 2.49. The number of guanidine groups is 1. The summed E-state index contributed by atoms with van der Waals surface area (Å²) in [7, 11) is 3.57. The molecule has 0 aliphatic carbocycles. The molecule has 0 aromatic heterocycles. The number of piperidine rings is 1. The van der Waals surface area contributed by atoms with E-state index in [2.05, 4.69) is 39.2 Å². The predicted molar refractivity (Wildman–Crippen MR) is 116 cm³/mol. The average Bonchev–Trinajstić information content (AvgIpc) is 2.79. The number of hydrogen-bond donors (Lipinski definition) is 1. The van der Waals surface area contributed by atoms with Gasteiger partial charge < -0.3 is 24.4 Å². The zero-order valence-corrected chi connectivity index (χ0v) is 18.1. The normalized spacial score (nSPS) is 20.5. The van der Waals surface area contributed by atoms with Crippen molar-refractivity contribution in [2.24, 2.45) is 4.99 Å². The van der Waals surface area contributed by atoms with Crippen LogP contribution in [0.1, 0.15) is 31.4 Å². The molecule has 0 saturated carbocycles. The zero-order chi connectivity index (χ0) is 20.5. The fraction of sp³-hybridized carbons (Fsp3) is 0.682. The van der Waals surface area contributed by atoms with Crippen LogP contribution < -0.4 is 10.1 Å². The van der Waals surface area contributed by atoms with Gasteiger partial charge in [-0.2, -0.15) is 0 Å². The Hall–Kier alpha value is -1.83. The largest absolute Gasteiger partial charge is 0.497 e. The molecule has 1 N–H and O–H groups in total. The molecule has 1 aromatic carbocycles. The van der Waals surface area contributed by atoms with Gasteiger partial charge in [0.05, 0.1) is 32.5 Å². The first-order valence-corrected chi connectivity index (χ1v) is 10.8. The van der Waals surface area contributed by atoms with Crippen LogP contribution in [0.5, 0.6) is 5.75 Å². The van der Waals surface area contributed by atoms with Crippen LogP contribution in [0.4, 0.5) is 0 Å². The molecule has 2 heterocycles. The minimum Gasteiger partial charge on any atom is -0.497 e. The van der Waals surface area contributed by atoms with Crippen molar-refractivity contribution in [2.75, 3.05) is 66.7 Å². The van der Waals surface area contributed by atoms with Gasteiger partial charge in [-0.15, -0.1) is 0 Å². The fourth-order valence-electron chi connectivity index (χ4n) is 4.16. The third kappa shape index (κ3) is 6.07. The molecular formula is C22H36N4O3.